The van der Waals surface area contributed by atoms with E-state index in [1.165, 1.54) is 10.7 Å². The van der Waals surface area contributed by atoms with Crippen LogP contribution in [0.4, 0.5) is 11.4 Å². The van der Waals surface area contributed by atoms with Crippen molar-refractivity contribution in [2.45, 2.75) is 17.9 Å². The Labute approximate surface area is 203 Å². The molecule has 0 bridgehead atoms. The number of anilines is 1. The van der Waals surface area contributed by atoms with Gasteiger partial charge in [0.1, 0.15) is 11.8 Å². The molecule has 8 nitrogen and oxygen atoms in total. The molecule has 0 aliphatic heterocycles. The van der Waals surface area contributed by atoms with Crippen LogP contribution in [-0.4, -0.2) is 35.5 Å². The van der Waals surface area contributed by atoms with E-state index in [0.717, 1.165) is 6.26 Å². The number of aliphatic hydroxyl groups excluding tert-OH is 1. The first-order chi connectivity index (χ1) is 16.7. The number of aromatic nitrogens is 2. The van der Waals surface area contributed by atoms with Gasteiger partial charge in [-0.1, -0.05) is 42.5 Å². The van der Waals surface area contributed by atoms with E-state index in [2.05, 4.69) is 15.3 Å². The number of rotatable bonds is 6. The number of hydrogen-bond acceptors (Lipinski definition) is 5. The monoisotopic (exact) mass is 486 g/mol. The predicted octanol–water partition coefficient (Wildman–Crippen LogP) is 4.47. The van der Waals surface area contributed by atoms with Crippen molar-refractivity contribution in [3.8, 4) is 5.69 Å². The standard InChI is InChI=1S/C26H22N4O4S/c1-17-14-23(30(29-17)21-11-7-9-19(16-21)27-2)26(32)28-20-10-6-8-18(15-20)25(31)22-12-4-5-13-24(22)35(3,33)34/h4-16,25,31H,1,3H3,(H,28,32). The maximum absolute atomic E-state index is 13.1. The highest BCUT2D eigenvalue weighted by molar-refractivity contribution is 7.90. The number of aliphatic hydroxyl groups is 1. The minimum Gasteiger partial charge on any atom is -0.384 e. The summed E-state index contributed by atoms with van der Waals surface area (Å²) in [4.78, 5) is 16.6. The summed E-state index contributed by atoms with van der Waals surface area (Å²) in [7, 11) is -3.54. The Hall–Kier alpha value is -4.26. The summed E-state index contributed by atoms with van der Waals surface area (Å²) in [5, 5.41) is 18.1. The maximum Gasteiger partial charge on any atom is 0.274 e. The van der Waals surface area contributed by atoms with E-state index in [9.17, 15) is 18.3 Å². The lowest BCUT2D eigenvalue weighted by molar-refractivity contribution is 0.101. The van der Waals surface area contributed by atoms with Gasteiger partial charge in [0.05, 0.1) is 22.8 Å². The van der Waals surface area contributed by atoms with Gasteiger partial charge in [-0.05, 0) is 48.9 Å². The molecule has 0 radical (unpaired) electrons. The fraction of sp³-hybridized carbons (Fsp3) is 0.115. The summed E-state index contributed by atoms with van der Waals surface area (Å²) in [6, 6.07) is 21.3. The first kappa shape index (κ1) is 23.9. The van der Waals surface area contributed by atoms with Crippen LogP contribution in [0.1, 0.15) is 33.4 Å². The molecule has 0 saturated carbocycles. The minimum absolute atomic E-state index is 0.0444. The quantitative estimate of drug-likeness (QED) is 0.391. The van der Waals surface area contributed by atoms with Crippen molar-refractivity contribution in [2.75, 3.05) is 11.6 Å². The predicted molar refractivity (Wildman–Crippen MR) is 133 cm³/mol. The highest BCUT2D eigenvalue weighted by atomic mass is 32.2. The van der Waals surface area contributed by atoms with E-state index in [4.69, 9.17) is 6.57 Å². The van der Waals surface area contributed by atoms with E-state index >= 15 is 0 Å². The summed E-state index contributed by atoms with van der Waals surface area (Å²) < 4.78 is 25.8. The van der Waals surface area contributed by atoms with Gasteiger partial charge in [0, 0.05) is 17.5 Å². The van der Waals surface area contributed by atoms with Crippen molar-refractivity contribution in [2.24, 2.45) is 0 Å². The smallest absolute Gasteiger partial charge is 0.274 e. The number of aryl methyl sites for hydroxylation is 1. The van der Waals surface area contributed by atoms with Gasteiger partial charge in [-0.3, -0.25) is 4.79 Å². The van der Waals surface area contributed by atoms with Crippen LogP contribution in [0.15, 0.2) is 83.8 Å². The summed E-state index contributed by atoms with van der Waals surface area (Å²) in [6.07, 6.45) is -0.115. The van der Waals surface area contributed by atoms with E-state index in [1.807, 2.05) is 0 Å². The fourth-order valence-electron chi connectivity index (χ4n) is 3.76. The van der Waals surface area contributed by atoms with Gasteiger partial charge in [0.25, 0.3) is 5.91 Å². The zero-order valence-corrected chi connectivity index (χ0v) is 19.8. The molecular weight excluding hydrogens is 464 g/mol. The Morgan fingerprint density at radius 3 is 2.54 bits per heavy atom. The number of nitrogens with one attached hydrogen (secondary N) is 1. The second-order valence-corrected chi connectivity index (χ2v) is 9.99. The molecule has 9 heteroatoms. The molecule has 3 aromatic carbocycles. The number of carbonyl (C=O) groups is 1. The van der Waals surface area contributed by atoms with Gasteiger partial charge in [-0.25, -0.2) is 17.9 Å². The molecule has 1 aromatic heterocycles. The zero-order chi connectivity index (χ0) is 25.2. The Morgan fingerprint density at radius 1 is 1.06 bits per heavy atom. The highest BCUT2D eigenvalue weighted by Gasteiger charge is 2.21. The van der Waals surface area contributed by atoms with E-state index in [1.54, 1.807) is 79.7 Å². The first-order valence-electron chi connectivity index (χ1n) is 10.6. The molecule has 0 spiro atoms. The highest BCUT2D eigenvalue weighted by Crippen LogP contribution is 2.29. The zero-order valence-electron chi connectivity index (χ0n) is 19.0. The van der Waals surface area contributed by atoms with Crippen molar-refractivity contribution in [3.63, 3.8) is 0 Å². The number of amides is 1. The fourth-order valence-corrected chi connectivity index (χ4v) is 4.69. The average Bonchev–Trinajstić information content (AvgIpc) is 3.25. The third kappa shape index (κ3) is 5.14. The molecule has 4 rings (SSSR count). The molecule has 0 aliphatic rings. The number of benzene rings is 3. The van der Waals surface area contributed by atoms with Crippen LogP contribution < -0.4 is 5.32 Å². The van der Waals surface area contributed by atoms with E-state index < -0.39 is 21.8 Å². The molecule has 0 saturated heterocycles. The Bertz CT molecular complexity index is 1570. The van der Waals surface area contributed by atoms with Gasteiger partial charge in [-0.2, -0.15) is 5.10 Å². The summed E-state index contributed by atoms with van der Waals surface area (Å²) >= 11 is 0. The van der Waals surface area contributed by atoms with Crippen LogP contribution in [0.2, 0.25) is 0 Å². The second-order valence-electron chi connectivity index (χ2n) is 8.01. The molecule has 1 amide bonds. The molecule has 1 heterocycles. The summed E-state index contributed by atoms with van der Waals surface area (Å²) in [5.74, 6) is -0.429. The largest absolute Gasteiger partial charge is 0.384 e. The number of hydrogen-bond donors (Lipinski definition) is 2. The van der Waals surface area contributed by atoms with Crippen LogP contribution in [0.3, 0.4) is 0 Å². The third-order valence-corrected chi connectivity index (χ3v) is 6.51. The Morgan fingerprint density at radius 2 is 1.80 bits per heavy atom. The summed E-state index contributed by atoms with van der Waals surface area (Å²) in [5.41, 5.74) is 3.02. The second kappa shape index (κ2) is 9.54. The number of sulfone groups is 1. The minimum atomic E-state index is -3.54. The molecule has 1 unspecified atom stereocenters. The average molecular weight is 487 g/mol. The SMILES string of the molecule is [C-]#[N+]c1cccc(-n2nc(C)cc2C(=O)Nc2cccc(C(O)c3ccccc3S(C)(=O)=O)c2)c1. The lowest BCUT2D eigenvalue weighted by atomic mass is 10.0. The molecular formula is C26H22N4O4S. The lowest BCUT2D eigenvalue weighted by Crippen LogP contribution is -2.17. The van der Waals surface area contributed by atoms with Gasteiger partial charge < -0.3 is 10.4 Å². The maximum atomic E-state index is 13.1. The van der Waals surface area contributed by atoms with Crippen LogP contribution >= 0.6 is 0 Å². The van der Waals surface area contributed by atoms with E-state index in [0.29, 0.717) is 28.3 Å². The molecule has 0 aliphatic carbocycles. The van der Waals surface area contributed by atoms with Crippen molar-refractivity contribution >= 4 is 27.1 Å². The third-order valence-electron chi connectivity index (χ3n) is 5.34. The molecule has 4 aromatic rings. The Balaban J connectivity index is 1.64. The van der Waals surface area contributed by atoms with Crippen molar-refractivity contribution in [1.29, 1.82) is 0 Å². The molecule has 0 fully saturated rings. The van der Waals surface area contributed by atoms with Crippen LogP contribution in [0, 0.1) is 13.5 Å². The van der Waals surface area contributed by atoms with Gasteiger partial charge >= 0.3 is 0 Å². The normalized spacial score (nSPS) is 12.1. The molecule has 176 valence electrons. The number of carbonyl (C=O) groups excluding carboxylic acids is 1. The van der Waals surface area contributed by atoms with Gasteiger partial charge in [0.2, 0.25) is 0 Å². The summed E-state index contributed by atoms with van der Waals surface area (Å²) in [6.45, 7) is 8.99. The van der Waals surface area contributed by atoms with Crippen LogP contribution in [0.5, 0.6) is 0 Å². The molecule has 1 atom stereocenters. The molecule has 35 heavy (non-hydrogen) atoms. The van der Waals surface area contributed by atoms with Crippen LogP contribution in [0.25, 0.3) is 10.5 Å². The van der Waals surface area contributed by atoms with Gasteiger partial charge in [-0.15, -0.1) is 0 Å². The Kier molecular flexibility index (Phi) is 6.51. The topological polar surface area (TPSA) is 106 Å². The molecule has 2 N–H and O–H groups in total. The number of nitrogens with zero attached hydrogens (tertiary/aromatic N) is 3. The van der Waals surface area contributed by atoms with E-state index in [-0.39, 0.29) is 16.2 Å². The first-order valence-corrected chi connectivity index (χ1v) is 12.5. The van der Waals surface area contributed by atoms with Crippen LogP contribution in [-0.2, 0) is 9.84 Å². The van der Waals surface area contributed by atoms with Crippen molar-refractivity contribution in [3.05, 3.63) is 113 Å². The van der Waals surface area contributed by atoms with Crippen molar-refractivity contribution in [1.82, 2.24) is 9.78 Å². The van der Waals surface area contributed by atoms with Gasteiger partial charge in [0.15, 0.2) is 15.5 Å². The lowest BCUT2D eigenvalue weighted by Gasteiger charge is -2.16. The van der Waals surface area contributed by atoms with Crippen molar-refractivity contribution < 1.29 is 18.3 Å².